The van der Waals surface area contributed by atoms with E-state index in [1.165, 1.54) is 6.92 Å². The van der Waals surface area contributed by atoms with Crippen LogP contribution in [0.4, 0.5) is 4.79 Å². The molecule has 0 radical (unpaired) electrons. The Balaban J connectivity index is 2.06. The van der Waals surface area contributed by atoms with Crippen LogP contribution in [0.15, 0.2) is 48.5 Å². The molecule has 2 aromatic rings. The molecule has 0 aliphatic carbocycles. The molecule has 2 aromatic carbocycles. The van der Waals surface area contributed by atoms with Crippen LogP contribution in [0.2, 0.25) is 5.02 Å². The maximum atomic E-state index is 13.3. The molecule has 2 amide bonds. The first-order valence-electron chi connectivity index (χ1n) is 12.6. The van der Waals surface area contributed by atoms with Gasteiger partial charge in [-0.3, -0.25) is 14.4 Å². The molecule has 0 aliphatic rings. The van der Waals surface area contributed by atoms with Crippen LogP contribution in [-0.2, 0) is 43.1 Å². The van der Waals surface area contributed by atoms with Crippen LogP contribution in [0.1, 0.15) is 57.7 Å². The maximum absolute atomic E-state index is 13.3. The first-order valence-corrected chi connectivity index (χ1v) is 13.0. The topological polar surface area (TPSA) is 111 Å². The Morgan fingerprint density at radius 1 is 0.921 bits per heavy atom. The summed E-state index contributed by atoms with van der Waals surface area (Å²) < 4.78 is 10.6. The van der Waals surface area contributed by atoms with Crippen molar-refractivity contribution < 1.29 is 28.7 Å². The average molecular weight is 545 g/mol. The number of ether oxygens (including phenoxy) is 2. The molecule has 0 saturated carbocycles. The predicted octanol–water partition coefficient (Wildman–Crippen LogP) is 4.59. The number of amides is 2. The number of hydrogen-bond acceptors (Lipinski definition) is 6. The van der Waals surface area contributed by atoms with Gasteiger partial charge in [0.25, 0.3) is 0 Å². The van der Waals surface area contributed by atoms with Crippen molar-refractivity contribution in [1.29, 1.82) is 0 Å². The Labute approximate surface area is 229 Å². The van der Waals surface area contributed by atoms with Crippen molar-refractivity contribution in [2.75, 3.05) is 13.2 Å². The summed E-state index contributed by atoms with van der Waals surface area (Å²) in [5, 5.41) is 5.53. The van der Waals surface area contributed by atoms with Gasteiger partial charge in [-0.25, -0.2) is 4.79 Å². The summed E-state index contributed by atoms with van der Waals surface area (Å²) in [6.45, 7) is 7.87. The summed E-state index contributed by atoms with van der Waals surface area (Å²) in [4.78, 5) is 50.4. The molecule has 1 atom stereocenters. The minimum Gasteiger partial charge on any atom is -0.462 e. The second-order valence-electron chi connectivity index (χ2n) is 10.3. The Morgan fingerprint density at radius 2 is 1.55 bits per heavy atom. The normalized spacial score (nSPS) is 12.7. The highest BCUT2D eigenvalue weighted by atomic mass is 35.5. The molecule has 0 aromatic heterocycles. The Morgan fingerprint density at radius 3 is 2.16 bits per heavy atom. The van der Waals surface area contributed by atoms with Gasteiger partial charge in [0.2, 0.25) is 5.91 Å². The van der Waals surface area contributed by atoms with E-state index in [0.29, 0.717) is 11.4 Å². The molecule has 0 aliphatic heterocycles. The minimum atomic E-state index is -1.52. The van der Waals surface area contributed by atoms with Crippen molar-refractivity contribution in [2.45, 2.75) is 71.4 Å². The highest BCUT2D eigenvalue weighted by molar-refractivity contribution is 6.31. The first-order chi connectivity index (χ1) is 17.8. The summed E-state index contributed by atoms with van der Waals surface area (Å²) >= 11 is 6.22. The number of rotatable bonds is 12. The van der Waals surface area contributed by atoms with Gasteiger partial charge in [-0.05, 0) is 63.3 Å². The minimum absolute atomic E-state index is 0.0298. The lowest BCUT2D eigenvalue weighted by atomic mass is 9.92. The molecule has 2 N–H and O–H groups in total. The predicted molar refractivity (Wildman–Crippen MR) is 146 cm³/mol. The Hall–Kier alpha value is -3.39. The second-order valence-corrected chi connectivity index (χ2v) is 10.7. The number of nitrogens with one attached hydrogen (secondary N) is 2. The highest BCUT2D eigenvalue weighted by Gasteiger charge is 2.36. The largest absolute Gasteiger partial charge is 0.462 e. The third kappa shape index (κ3) is 10.5. The van der Waals surface area contributed by atoms with Gasteiger partial charge in [-0.15, -0.1) is 0 Å². The van der Waals surface area contributed by atoms with E-state index in [1.807, 2.05) is 43.3 Å². The molecule has 0 heterocycles. The SMILES string of the molecule is CCc1ccc(CC(=O)OCC(C)(NC(=O)CNC(=O)OC(C)(C)C)C(=O)CCc2ccccc2Cl)cc1. The van der Waals surface area contributed by atoms with E-state index in [9.17, 15) is 19.2 Å². The fraction of sp³-hybridized carbons (Fsp3) is 0.448. The van der Waals surface area contributed by atoms with Gasteiger partial charge >= 0.3 is 12.1 Å². The van der Waals surface area contributed by atoms with Crippen molar-refractivity contribution in [3.63, 3.8) is 0 Å². The van der Waals surface area contributed by atoms with Crippen LogP contribution in [0.25, 0.3) is 0 Å². The fourth-order valence-corrected chi connectivity index (χ4v) is 3.80. The summed E-state index contributed by atoms with van der Waals surface area (Å²) in [6, 6.07) is 14.8. The standard InChI is InChI=1S/C29H37ClN2O6/c1-6-20-11-13-21(14-12-20)17-26(35)37-19-29(5,24(33)16-15-22-9-7-8-10-23(22)30)32-25(34)18-31-27(36)38-28(2,3)4/h7-14H,6,15-19H2,1-5H3,(H,31,36)(H,32,34). The molecule has 1 unspecified atom stereocenters. The quantitative estimate of drug-likeness (QED) is 0.378. The van der Waals surface area contributed by atoms with Gasteiger partial charge in [-0.2, -0.15) is 0 Å². The van der Waals surface area contributed by atoms with Crippen LogP contribution in [0.5, 0.6) is 0 Å². The molecule has 0 fully saturated rings. The van der Waals surface area contributed by atoms with Crippen molar-refractivity contribution in [3.05, 3.63) is 70.2 Å². The molecule has 8 nitrogen and oxygen atoms in total. The number of ketones is 1. The molecular weight excluding hydrogens is 508 g/mol. The van der Waals surface area contributed by atoms with Gasteiger partial charge in [0, 0.05) is 11.4 Å². The van der Waals surface area contributed by atoms with E-state index in [4.69, 9.17) is 21.1 Å². The number of carbonyl (C=O) groups excluding carboxylic acids is 4. The summed E-state index contributed by atoms with van der Waals surface area (Å²) in [5.41, 5.74) is 0.478. The lowest BCUT2D eigenvalue weighted by molar-refractivity contribution is -0.148. The monoisotopic (exact) mass is 544 g/mol. The zero-order valence-electron chi connectivity index (χ0n) is 22.7. The number of Topliss-reactive ketones (excluding diaryl/α,β-unsaturated/α-hetero) is 1. The van der Waals surface area contributed by atoms with E-state index >= 15 is 0 Å². The van der Waals surface area contributed by atoms with E-state index in [0.717, 1.165) is 23.1 Å². The number of hydrogen-bond donors (Lipinski definition) is 2. The van der Waals surface area contributed by atoms with Gasteiger partial charge in [-0.1, -0.05) is 61.0 Å². The molecular formula is C29H37ClN2O6. The molecule has 206 valence electrons. The van der Waals surface area contributed by atoms with E-state index in [2.05, 4.69) is 10.6 Å². The molecule has 9 heteroatoms. The van der Waals surface area contributed by atoms with Crippen LogP contribution < -0.4 is 10.6 Å². The Bertz CT molecular complexity index is 1130. The van der Waals surface area contributed by atoms with Gasteiger partial charge in [0.1, 0.15) is 24.3 Å². The molecule has 0 saturated heterocycles. The average Bonchev–Trinajstić information content (AvgIpc) is 2.85. The van der Waals surface area contributed by atoms with Gasteiger partial charge in [0.05, 0.1) is 6.42 Å². The van der Waals surface area contributed by atoms with E-state index < -0.39 is 35.7 Å². The lowest BCUT2D eigenvalue weighted by Gasteiger charge is -2.29. The van der Waals surface area contributed by atoms with Crippen LogP contribution in [0, 0.1) is 0 Å². The number of carbonyl (C=O) groups is 4. The number of benzene rings is 2. The van der Waals surface area contributed by atoms with Gasteiger partial charge in [0.15, 0.2) is 5.78 Å². The van der Waals surface area contributed by atoms with Crippen molar-refractivity contribution >= 4 is 35.4 Å². The summed E-state index contributed by atoms with van der Waals surface area (Å²) in [6.07, 6.45) is 0.553. The fourth-order valence-electron chi connectivity index (χ4n) is 3.57. The van der Waals surface area contributed by atoms with Crippen LogP contribution in [-0.4, -0.2) is 48.0 Å². The number of alkyl carbamates (subject to hydrolysis) is 1. The smallest absolute Gasteiger partial charge is 0.408 e. The number of aryl methyl sites for hydroxylation is 2. The second kappa shape index (κ2) is 14.0. The first kappa shape index (κ1) is 30.8. The summed E-state index contributed by atoms with van der Waals surface area (Å²) in [5.74, 6) is -1.50. The van der Waals surface area contributed by atoms with E-state index in [-0.39, 0.29) is 25.2 Å². The lowest BCUT2D eigenvalue weighted by Crippen LogP contribution is -2.57. The van der Waals surface area contributed by atoms with Crippen molar-refractivity contribution in [2.24, 2.45) is 0 Å². The van der Waals surface area contributed by atoms with Crippen LogP contribution in [0.3, 0.4) is 0 Å². The molecule has 0 bridgehead atoms. The van der Waals surface area contributed by atoms with Crippen molar-refractivity contribution in [1.82, 2.24) is 10.6 Å². The third-order valence-corrected chi connectivity index (χ3v) is 6.07. The molecule has 2 rings (SSSR count). The maximum Gasteiger partial charge on any atom is 0.408 e. The third-order valence-electron chi connectivity index (χ3n) is 5.70. The number of halogens is 1. The zero-order chi connectivity index (χ0) is 28.3. The van der Waals surface area contributed by atoms with Crippen LogP contribution >= 0.6 is 11.6 Å². The van der Waals surface area contributed by atoms with E-state index in [1.54, 1.807) is 32.9 Å². The zero-order valence-corrected chi connectivity index (χ0v) is 23.4. The molecule has 38 heavy (non-hydrogen) atoms. The summed E-state index contributed by atoms with van der Waals surface area (Å²) in [7, 11) is 0. The highest BCUT2D eigenvalue weighted by Crippen LogP contribution is 2.19. The van der Waals surface area contributed by atoms with Gasteiger partial charge < -0.3 is 20.1 Å². The Kier molecular flexibility index (Phi) is 11.3. The number of esters is 1. The molecule has 0 spiro atoms. The van der Waals surface area contributed by atoms with Crippen molar-refractivity contribution in [3.8, 4) is 0 Å².